The lowest BCUT2D eigenvalue weighted by Crippen LogP contribution is -2.30. The van der Waals surface area contributed by atoms with Crippen LogP contribution >= 0.6 is 11.9 Å². The van der Waals surface area contributed by atoms with Crippen LogP contribution in [0.4, 0.5) is 0 Å². The average molecular weight is 225 g/mol. The molecule has 0 aromatic heterocycles. The van der Waals surface area contributed by atoms with Crippen molar-refractivity contribution in [3.63, 3.8) is 0 Å². The molecule has 0 unspecified atom stereocenters. The first-order valence-electron chi connectivity index (χ1n) is 5.29. The van der Waals surface area contributed by atoms with E-state index in [0.29, 0.717) is 0 Å². The van der Waals surface area contributed by atoms with Crippen LogP contribution in [0.25, 0.3) is 0 Å². The summed E-state index contributed by atoms with van der Waals surface area (Å²) in [5, 5.41) is 5.46. The highest BCUT2D eigenvalue weighted by Crippen LogP contribution is 2.25. The Labute approximate surface area is 96.3 Å². The van der Waals surface area contributed by atoms with Crippen molar-refractivity contribution >= 4 is 11.9 Å². The summed E-state index contributed by atoms with van der Waals surface area (Å²) in [6.45, 7) is 6.43. The quantitative estimate of drug-likeness (QED) is 0.777. The Hall–Kier alpha value is -0.670. The summed E-state index contributed by atoms with van der Waals surface area (Å²) >= 11 is 1.25. The normalized spacial score (nSPS) is 11.5. The summed E-state index contributed by atoms with van der Waals surface area (Å²) in [4.78, 5) is 1.05. The van der Waals surface area contributed by atoms with Crippen LogP contribution in [-0.4, -0.2) is 5.60 Å². The predicted octanol–water partition coefficient (Wildman–Crippen LogP) is 3.61. The molecular weight excluding hydrogens is 206 g/mol. The molecule has 0 aliphatic heterocycles. The minimum atomic E-state index is -0.0582. The molecule has 0 spiro atoms. The maximum Gasteiger partial charge on any atom is 0.120 e. The summed E-state index contributed by atoms with van der Waals surface area (Å²) in [5.74, 6) is 0.916. The lowest BCUT2D eigenvalue weighted by molar-refractivity contribution is 0.0802. The van der Waals surface area contributed by atoms with E-state index in [2.05, 4.69) is 20.8 Å². The fourth-order valence-electron chi connectivity index (χ4n) is 1.27. The Morgan fingerprint density at radius 2 is 1.73 bits per heavy atom. The highest BCUT2D eigenvalue weighted by Gasteiger charge is 2.21. The van der Waals surface area contributed by atoms with E-state index in [-0.39, 0.29) is 5.60 Å². The molecule has 1 aromatic rings. The molecule has 0 amide bonds. The van der Waals surface area contributed by atoms with Gasteiger partial charge >= 0.3 is 0 Å². The topological polar surface area (TPSA) is 35.2 Å². The van der Waals surface area contributed by atoms with Gasteiger partial charge in [0.2, 0.25) is 0 Å². The molecule has 0 aliphatic carbocycles. The van der Waals surface area contributed by atoms with Crippen molar-refractivity contribution in [2.75, 3.05) is 0 Å². The van der Waals surface area contributed by atoms with E-state index in [1.807, 2.05) is 24.3 Å². The highest BCUT2D eigenvalue weighted by atomic mass is 32.2. The van der Waals surface area contributed by atoms with E-state index in [1.165, 1.54) is 11.9 Å². The lowest BCUT2D eigenvalue weighted by atomic mass is 10.00. The van der Waals surface area contributed by atoms with Gasteiger partial charge in [-0.1, -0.05) is 13.8 Å². The van der Waals surface area contributed by atoms with Gasteiger partial charge in [0.1, 0.15) is 11.4 Å². The van der Waals surface area contributed by atoms with Crippen molar-refractivity contribution in [3.05, 3.63) is 24.3 Å². The standard InChI is InChI=1S/C12H19NOS/c1-4-12(3,5-2)14-10-6-8-11(15-13)9-7-10/h6-9H,4-5,13H2,1-3H3. The Morgan fingerprint density at radius 3 is 2.13 bits per heavy atom. The van der Waals surface area contributed by atoms with Gasteiger partial charge in [-0.15, -0.1) is 0 Å². The van der Waals surface area contributed by atoms with Gasteiger partial charge in [-0.3, -0.25) is 5.14 Å². The van der Waals surface area contributed by atoms with Crippen LogP contribution in [-0.2, 0) is 0 Å². The van der Waals surface area contributed by atoms with Crippen LogP contribution in [0.5, 0.6) is 5.75 Å². The van der Waals surface area contributed by atoms with Gasteiger partial charge in [-0.25, -0.2) is 0 Å². The molecule has 1 rings (SSSR count). The minimum Gasteiger partial charge on any atom is -0.488 e. The van der Waals surface area contributed by atoms with Crippen LogP contribution in [0.1, 0.15) is 33.6 Å². The van der Waals surface area contributed by atoms with Crippen molar-refractivity contribution in [1.82, 2.24) is 0 Å². The molecule has 2 nitrogen and oxygen atoms in total. The van der Waals surface area contributed by atoms with E-state index >= 15 is 0 Å². The summed E-state index contributed by atoms with van der Waals surface area (Å²) in [6, 6.07) is 7.90. The van der Waals surface area contributed by atoms with Gasteiger partial charge in [0, 0.05) is 4.90 Å². The first kappa shape index (κ1) is 12.4. The van der Waals surface area contributed by atoms with E-state index in [4.69, 9.17) is 9.88 Å². The Morgan fingerprint density at radius 1 is 1.20 bits per heavy atom. The molecule has 1 aromatic carbocycles. The van der Waals surface area contributed by atoms with E-state index in [9.17, 15) is 0 Å². The van der Waals surface area contributed by atoms with Crippen molar-refractivity contribution in [1.29, 1.82) is 0 Å². The van der Waals surface area contributed by atoms with Crippen LogP contribution in [0.15, 0.2) is 29.2 Å². The maximum atomic E-state index is 5.95. The molecule has 0 fully saturated rings. The molecule has 3 heteroatoms. The zero-order valence-corrected chi connectivity index (χ0v) is 10.4. The number of hydrogen-bond acceptors (Lipinski definition) is 3. The Bertz CT molecular complexity index is 293. The molecular formula is C12H19NOS. The first-order chi connectivity index (χ1) is 7.13. The third-order valence-electron chi connectivity index (χ3n) is 2.82. The van der Waals surface area contributed by atoms with Crippen molar-refractivity contribution < 1.29 is 4.74 Å². The fraction of sp³-hybridized carbons (Fsp3) is 0.500. The van der Waals surface area contributed by atoms with Crippen LogP contribution in [0, 0.1) is 0 Å². The number of benzene rings is 1. The second kappa shape index (κ2) is 5.42. The molecule has 0 saturated heterocycles. The molecule has 0 radical (unpaired) electrons. The van der Waals surface area contributed by atoms with Crippen LogP contribution < -0.4 is 9.88 Å². The molecule has 0 saturated carbocycles. The largest absolute Gasteiger partial charge is 0.488 e. The molecule has 0 aliphatic rings. The Kier molecular flexibility index (Phi) is 4.48. The first-order valence-corrected chi connectivity index (χ1v) is 6.17. The SMILES string of the molecule is CCC(C)(CC)Oc1ccc(SN)cc1. The van der Waals surface area contributed by atoms with E-state index < -0.39 is 0 Å². The van der Waals surface area contributed by atoms with E-state index in [1.54, 1.807) is 0 Å². The highest BCUT2D eigenvalue weighted by molar-refractivity contribution is 7.97. The van der Waals surface area contributed by atoms with E-state index in [0.717, 1.165) is 23.5 Å². The number of nitrogens with two attached hydrogens (primary N) is 1. The molecule has 2 N–H and O–H groups in total. The van der Waals surface area contributed by atoms with Gasteiger partial charge in [0.15, 0.2) is 0 Å². The summed E-state index contributed by atoms with van der Waals surface area (Å²) in [7, 11) is 0. The zero-order valence-electron chi connectivity index (χ0n) is 9.62. The minimum absolute atomic E-state index is 0.0582. The molecule has 84 valence electrons. The van der Waals surface area contributed by atoms with Crippen LogP contribution in [0.3, 0.4) is 0 Å². The number of hydrogen-bond donors (Lipinski definition) is 1. The summed E-state index contributed by atoms with van der Waals surface area (Å²) in [5.41, 5.74) is -0.0582. The van der Waals surface area contributed by atoms with Gasteiger partial charge < -0.3 is 4.74 Å². The number of rotatable bonds is 5. The predicted molar refractivity (Wildman–Crippen MR) is 66.1 cm³/mol. The second-order valence-electron chi connectivity index (χ2n) is 3.85. The van der Waals surface area contributed by atoms with Gasteiger partial charge in [-0.05, 0) is 56.0 Å². The van der Waals surface area contributed by atoms with Gasteiger partial charge in [0.25, 0.3) is 0 Å². The summed E-state index contributed by atoms with van der Waals surface area (Å²) < 4.78 is 5.95. The van der Waals surface area contributed by atoms with Gasteiger partial charge in [0.05, 0.1) is 0 Å². The zero-order chi connectivity index (χ0) is 11.3. The Balaban J connectivity index is 2.71. The third kappa shape index (κ3) is 3.43. The monoisotopic (exact) mass is 225 g/mol. The van der Waals surface area contributed by atoms with Crippen LogP contribution in [0.2, 0.25) is 0 Å². The maximum absolute atomic E-state index is 5.95. The fourth-order valence-corrected chi connectivity index (χ4v) is 1.56. The second-order valence-corrected chi connectivity index (χ2v) is 4.56. The lowest BCUT2D eigenvalue weighted by Gasteiger charge is -2.28. The summed E-state index contributed by atoms with van der Waals surface area (Å²) in [6.07, 6.45) is 2.02. The molecule has 0 heterocycles. The van der Waals surface area contributed by atoms with Crippen molar-refractivity contribution in [2.24, 2.45) is 5.14 Å². The average Bonchev–Trinajstić information content (AvgIpc) is 2.30. The van der Waals surface area contributed by atoms with Crippen molar-refractivity contribution in [3.8, 4) is 5.75 Å². The smallest absolute Gasteiger partial charge is 0.120 e. The van der Waals surface area contributed by atoms with Crippen molar-refractivity contribution in [2.45, 2.75) is 44.1 Å². The molecule has 15 heavy (non-hydrogen) atoms. The molecule has 0 bridgehead atoms. The number of ether oxygens (including phenoxy) is 1. The molecule has 0 atom stereocenters. The van der Waals surface area contributed by atoms with Gasteiger partial charge in [-0.2, -0.15) is 0 Å². The third-order valence-corrected chi connectivity index (χ3v) is 3.36.